The number of aromatic nitrogens is 3. The van der Waals surface area contributed by atoms with Gasteiger partial charge in [-0.3, -0.25) is 0 Å². The number of rotatable bonds is 0. The summed E-state index contributed by atoms with van der Waals surface area (Å²) >= 11 is 0. The third kappa shape index (κ3) is 1.45. The summed E-state index contributed by atoms with van der Waals surface area (Å²) in [7, 11) is 0. The van der Waals surface area contributed by atoms with Gasteiger partial charge in [-0.25, -0.2) is 9.97 Å². The number of nitrogens with two attached hydrogens (primary N) is 1. The summed E-state index contributed by atoms with van der Waals surface area (Å²) in [5, 5.41) is 1.12. The fraction of sp³-hybridized carbons (Fsp3) is 0.286. The Bertz CT molecular complexity index is 734. The molecule has 0 spiro atoms. The lowest BCUT2D eigenvalue weighted by molar-refractivity contribution is 0.596. The van der Waals surface area contributed by atoms with Crippen LogP contribution >= 0.6 is 0 Å². The van der Waals surface area contributed by atoms with E-state index in [0.29, 0.717) is 5.82 Å². The van der Waals surface area contributed by atoms with Crippen molar-refractivity contribution >= 4 is 27.8 Å². The molecule has 0 amide bonds. The van der Waals surface area contributed by atoms with Gasteiger partial charge in [0.05, 0.1) is 17.4 Å². The van der Waals surface area contributed by atoms with E-state index in [1.807, 2.05) is 12.1 Å². The zero-order valence-corrected chi connectivity index (χ0v) is 10.8. The first kappa shape index (κ1) is 11.0. The van der Waals surface area contributed by atoms with E-state index in [2.05, 4.69) is 41.8 Å². The van der Waals surface area contributed by atoms with Crippen LogP contribution < -0.4 is 5.73 Å². The molecule has 3 N–H and O–H groups in total. The SMILES string of the molecule is CC(C)(C)c1cccc2nc(N)c3nc[nH]c3c12. The Kier molecular flexibility index (Phi) is 2.11. The Morgan fingerprint density at radius 1 is 1.22 bits per heavy atom. The lowest BCUT2D eigenvalue weighted by Crippen LogP contribution is -2.12. The molecule has 3 rings (SSSR count). The number of hydrogen-bond acceptors (Lipinski definition) is 3. The third-order valence-corrected chi connectivity index (χ3v) is 3.22. The molecule has 0 aliphatic rings. The highest BCUT2D eigenvalue weighted by molar-refractivity contribution is 6.07. The molecule has 4 nitrogen and oxygen atoms in total. The molecular weight excluding hydrogens is 224 g/mol. The molecule has 0 atom stereocenters. The smallest absolute Gasteiger partial charge is 0.152 e. The molecule has 1 aromatic carbocycles. The number of nitrogens with zero attached hydrogens (tertiary/aromatic N) is 2. The minimum absolute atomic E-state index is 0.0509. The highest BCUT2D eigenvalue weighted by atomic mass is 14.9. The minimum atomic E-state index is 0.0509. The quantitative estimate of drug-likeness (QED) is 0.634. The van der Waals surface area contributed by atoms with E-state index >= 15 is 0 Å². The molecule has 2 aromatic heterocycles. The number of nitrogens with one attached hydrogen (secondary N) is 1. The second-order valence-electron chi connectivity index (χ2n) is 5.57. The van der Waals surface area contributed by atoms with E-state index in [9.17, 15) is 0 Å². The highest BCUT2D eigenvalue weighted by Gasteiger charge is 2.20. The second kappa shape index (κ2) is 3.45. The van der Waals surface area contributed by atoms with Gasteiger partial charge in [-0.15, -0.1) is 0 Å². The van der Waals surface area contributed by atoms with Gasteiger partial charge >= 0.3 is 0 Å². The van der Waals surface area contributed by atoms with E-state index in [-0.39, 0.29) is 5.41 Å². The van der Waals surface area contributed by atoms with Gasteiger partial charge in [-0.2, -0.15) is 0 Å². The van der Waals surface area contributed by atoms with Gasteiger partial charge < -0.3 is 10.7 Å². The molecule has 0 fully saturated rings. The normalized spacial score (nSPS) is 12.4. The van der Waals surface area contributed by atoms with Gasteiger partial charge in [0.2, 0.25) is 0 Å². The Hall–Kier alpha value is -2.10. The van der Waals surface area contributed by atoms with Crippen LogP contribution in [-0.2, 0) is 5.41 Å². The van der Waals surface area contributed by atoms with Crippen molar-refractivity contribution in [1.29, 1.82) is 0 Å². The summed E-state index contributed by atoms with van der Waals surface area (Å²) in [6, 6.07) is 6.15. The number of H-pyrrole nitrogens is 1. The van der Waals surface area contributed by atoms with Crippen molar-refractivity contribution in [3.63, 3.8) is 0 Å². The summed E-state index contributed by atoms with van der Waals surface area (Å²) in [5.41, 5.74) is 9.87. The largest absolute Gasteiger partial charge is 0.382 e. The van der Waals surface area contributed by atoms with Crippen LogP contribution in [0.3, 0.4) is 0 Å². The Morgan fingerprint density at radius 3 is 2.72 bits per heavy atom. The predicted octanol–water partition coefficient (Wildman–Crippen LogP) is 2.99. The standard InChI is InChI=1S/C14H16N4/c1-14(2,3)8-5-4-6-9-10(8)11-12(13(15)18-9)17-7-16-11/h4-7H,1-3H3,(H2,15,18)(H,16,17). The van der Waals surface area contributed by atoms with E-state index in [0.717, 1.165) is 21.9 Å². The fourth-order valence-electron chi connectivity index (χ4n) is 2.38. The average Bonchev–Trinajstić information content (AvgIpc) is 2.76. The summed E-state index contributed by atoms with van der Waals surface area (Å²) in [6.07, 6.45) is 1.67. The first-order valence-corrected chi connectivity index (χ1v) is 6.00. The Labute approximate surface area is 105 Å². The van der Waals surface area contributed by atoms with Crippen molar-refractivity contribution in [2.45, 2.75) is 26.2 Å². The van der Waals surface area contributed by atoms with Crippen molar-refractivity contribution in [3.05, 3.63) is 30.1 Å². The first-order valence-electron chi connectivity index (χ1n) is 6.00. The molecule has 0 radical (unpaired) electrons. The first-order chi connectivity index (χ1) is 8.48. The molecule has 2 heterocycles. The molecule has 3 aromatic rings. The van der Waals surface area contributed by atoms with Gasteiger partial charge in [0, 0.05) is 5.39 Å². The summed E-state index contributed by atoms with van der Waals surface area (Å²) in [4.78, 5) is 11.9. The molecule has 92 valence electrons. The van der Waals surface area contributed by atoms with Crippen LogP contribution in [0.15, 0.2) is 24.5 Å². The second-order valence-corrected chi connectivity index (χ2v) is 5.57. The molecule has 4 heteroatoms. The molecule has 0 aliphatic heterocycles. The van der Waals surface area contributed by atoms with Gasteiger partial charge in [0.15, 0.2) is 5.82 Å². The number of pyridine rings is 1. The minimum Gasteiger partial charge on any atom is -0.382 e. The van der Waals surface area contributed by atoms with Crippen molar-refractivity contribution in [3.8, 4) is 0 Å². The molecule has 0 saturated carbocycles. The number of anilines is 1. The third-order valence-electron chi connectivity index (χ3n) is 3.22. The molecular formula is C14H16N4. The lowest BCUT2D eigenvalue weighted by atomic mass is 9.84. The zero-order valence-electron chi connectivity index (χ0n) is 10.8. The average molecular weight is 240 g/mol. The van der Waals surface area contributed by atoms with Crippen LogP contribution in [-0.4, -0.2) is 15.0 Å². The van der Waals surface area contributed by atoms with E-state index in [4.69, 9.17) is 5.73 Å². The van der Waals surface area contributed by atoms with Crippen LogP contribution in [0.2, 0.25) is 0 Å². The van der Waals surface area contributed by atoms with Crippen LogP contribution in [0.5, 0.6) is 0 Å². The van der Waals surface area contributed by atoms with E-state index < -0.39 is 0 Å². The Morgan fingerprint density at radius 2 is 2.00 bits per heavy atom. The number of nitrogen functional groups attached to an aromatic ring is 1. The molecule has 18 heavy (non-hydrogen) atoms. The number of benzene rings is 1. The number of aromatic amines is 1. The summed E-state index contributed by atoms with van der Waals surface area (Å²) in [5.74, 6) is 0.477. The van der Waals surface area contributed by atoms with Crippen molar-refractivity contribution < 1.29 is 0 Å². The van der Waals surface area contributed by atoms with Crippen molar-refractivity contribution in [2.24, 2.45) is 0 Å². The van der Waals surface area contributed by atoms with Crippen LogP contribution in [0.1, 0.15) is 26.3 Å². The van der Waals surface area contributed by atoms with Gasteiger partial charge in [0.1, 0.15) is 5.52 Å². The molecule has 0 aliphatic carbocycles. The van der Waals surface area contributed by atoms with Crippen molar-refractivity contribution in [1.82, 2.24) is 15.0 Å². The fourth-order valence-corrected chi connectivity index (χ4v) is 2.38. The molecule has 0 unspecified atom stereocenters. The van der Waals surface area contributed by atoms with Gasteiger partial charge in [0.25, 0.3) is 0 Å². The summed E-state index contributed by atoms with van der Waals surface area (Å²) in [6.45, 7) is 6.58. The monoisotopic (exact) mass is 240 g/mol. The molecule has 0 saturated heterocycles. The molecule has 0 bridgehead atoms. The predicted molar refractivity (Wildman–Crippen MR) is 74.5 cm³/mol. The number of imidazole rings is 1. The maximum absolute atomic E-state index is 5.93. The Balaban J connectivity index is 2.57. The highest BCUT2D eigenvalue weighted by Crippen LogP contribution is 2.34. The zero-order chi connectivity index (χ0) is 12.9. The maximum atomic E-state index is 5.93. The van der Waals surface area contributed by atoms with Gasteiger partial charge in [-0.05, 0) is 17.0 Å². The van der Waals surface area contributed by atoms with Crippen molar-refractivity contribution in [2.75, 3.05) is 5.73 Å². The number of hydrogen-bond donors (Lipinski definition) is 2. The van der Waals surface area contributed by atoms with Gasteiger partial charge in [-0.1, -0.05) is 32.9 Å². The van der Waals surface area contributed by atoms with Crippen LogP contribution in [0.4, 0.5) is 5.82 Å². The van der Waals surface area contributed by atoms with E-state index in [1.54, 1.807) is 6.33 Å². The van der Waals surface area contributed by atoms with Crippen LogP contribution in [0.25, 0.3) is 21.9 Å². The lowest BCUT2D eigenvalue weighted by Gasteiger charge is -2.21. The summed E-state index contributed by atoms with van der Waals surface area (Å²) < 4.78 is 0. The maximum Gasteiger partial charge on any atom is 0.152 e. The van der Waals surface area contributed by atoms with E-state index in [1.165, 1.54) is 5.56 Å². The number of fused-ring (bicyclic) bond motifs is 3. The van der Waals surface area contributed by atoms with Crippen LogP contribution in [0, 0.1) is 0 Å². The topological polar surface area (TPSA) is 67.6 Å².